The van der Waals surface area contributed by atoms with Gasteiger partial charge in [-0.1, -0.05) is 41.9 Å². The maximum absolute atomic E-state index is 13.2. The lowest BCUT2D eigenvalue weighted by Crippen LogP contribution is -2.53. The number of imidazole rings is 1. The van der Waals surface area contributed by atoms with Crippen molar-refractivity contribution in [2.75, 3.05) is 6.54 Å². The van der Waals surface area contributed by atoms with Crippen LogP contribution >= 0.6 is 11.6 Å². The van der Waals surface area contributed by atoms with Gasteiger partial charge in [0.15, 0.2) is 0 Å². The van der Waals surface area contributed by atoms with Gasteiger partial charge in [-0.25, -0.2) is 4.98 Å². The molecule has 2 heterocycles. The standard InChI is InChI=1S/C32H38ClN5O4/c1-19(2)42-28-13-12-23(16-26(28)33)30(40)36-24(17-35-31(41)32(4,5)34)15-21-8-10-22(11-9-21)27-18-38-14-6-7-25(20(3)39)29(38)37-27/h6-14,16,18-20,24,39H,15,17,34H2,1-5H3,(H,35,41)(H,36,40)/t20?,24-/m0/s1. The summed E-state index contributed by atoms with van der Waals surface area (Å²) in [6, 6.07) is 16.1. The van der Waals surface area contributed by atoms with Gasteiger partial charge >= 0.3 is 0 Å². The molecule has 2 aromatic carbocycles. The monoisotopic (exact) mass is 591 g/mol. The number of hydrogen-bond donors (Lipinski definition) is 4. The minimum Gasteiger partial charge on any atom is -0.489 e. The van der Waals surface area contributed by atoms with E-state index in [-0.39, 0.29) is 24.5 Å². The molecule has 0 radical (unpaired) electrons. The molecule has 0 bridgehead atoms. The van der Waals surface area contributed by atoms with E-state index in [4.69, 9.17) is 27.1 Å². The van der Waals surface area contributed by atoms with E-state index in [0.717, 1.165) is 22.4 Å². The van der Waals surface area contributed by atoms with Gasteiger partial charge in [0, 0.05) is 35.6 Å². The molecule has 5 N–H and O–H groups in total. The first-order valence-electron chi connectivity index (χ1n) is 13.9. The second-order valence-electron chi connectivity index (χ2n) is 11.3. The Morgan fingerprint density at radius 3 is 2.45 bits per heavy atom. The molecule has 42 heavy (non-hydrogen) atoms. The van der Waals surface area contributed by atoms with Crippen LogP contribution in [0.15, 0.2) is 67.0 Å². The van der Waals surface area contributed by atoms with Gasteiger partial charge in [0.25, 0.3) is 5.91 Å². The van der Waals surface area contributed by atoms with Crippen molar-refractivity contribution in [3.8, 4) is 17.0 Å². The van der Waals surface area contributed by atoms with Crippen LogP contribution in [0.25, 0.3) is 16.9 Å². The van der Waals surface area contributed by atoms with Crippen molar-refractivity contribution in [2.24, 2.45) is 5.73 Å². The highest BCUT2D eigenvalue weighted by Gasteiger charge is 2.24. The molecule has 0 aliphatic carbocycles. The molecule has 2 aromatic heterocycles. The zero-order valence-corrected chi connectivity index (χ0v) is 25.3. The summed E-state index contributed by atoms with van der Waals surface area (Å²) in [5, 5.41) is 16.3. The van der Waals surface area contributed by atoms with Crippen LogP contribution in [0.2, 0.25) is 5.02 Å². The number of ether oxygens (including phenoxy) is 1. The van der Waals surface area contributed by atoms with E-state index in [0.29, 0.717) is 28.4 Å². The number of nitrogens with two attached hydrogens (primary N) is 1. The number of carbonyl (C=O) groups excluding carboxylic acids is 2. The second kappa shape index (κ2) is 12.9. The average molecular weight is 592 g/mol. The van der Waals surface area contributed by atoms with Crippen LogP contribution in [0.5, 0.6) is 5.75 Å². The van der Waals surface area contributed by atoms with E-state index in [1.54, 1.807) is 39.0 Å². The SMILES string of the molecule is CC(C)Oc1ccc(C(=O)N[C@H](CNC(=O)C(C)(C)N)Cc2ccc(-c3cn4cccc(C(C)O)c4n3)cc2)cc1Cl. The summed E-state index contributed by atoms with van der Waals surface area (Å²) in [6.07, 6.45) is 3.59. The number of carbonyl (C=O) groups is 2. The molecule has 2 atom stereocenters. The van der Waals surface area contributed by atoms with E-state index in [2.05, 4.69) is 10.6 Å². The Bertz CT molecular complexity index is 1560. The molecule has 10 heteroatoms. The molecule has 9 nitrogen and oxygen atoms in total. The fraction of sp³-hybridized carbons (Fsp3) is 0.344. The highest BCUT2D eigenvalue weighted by molar-refractivity contribution is 6.32. The predicted octanol–water partition coefficient (Wildman–Crippen LogP) is 4.69. The number of benzene rings is 2. The topological polar surface area (TPSA) is 131 Å². The maximum atomic E-state index is 13.2. The number of pyridine rings is 1. The fourth-order valence-electron chi connectivity index (χ4n) is 4.47. The maximum Gasteiger partial charge on any atom is 0.251 e. The number of rotatable bonds is 11. The Balaban J connectivity index is 1.52. The molecule has 2 amide bonds. The first-order valence-corrected chi connectivity index (χ1v) is 14.3. The highest BCUT2D eigenvalue weighted by atomic mass is 35.5. The van der Waals surface area contributed by atoms with Crippen LogP contribution in [0.1, 0.15) is 62.2 Å². The highest BCUT2D eigenvalue weighted by Crippen LogP contribution is 2.27. The van der Waals surface area contributed by atoms with Crippen molar-refractivity contribution in [3.05, 3.63) is 88.7 Å². The molecular formula is C32H38ClN5O4. The Morgan fingerprint density at radius 1 is 1.12 bits per heavy atom. The summed E-state index contributed by atoms with van der Waals surface area (Å²) in [6.45, 7) is 8.95. The minimum atomic E-state index is -1.06. The number of aliphatic hydroxyl groups excluding tert-OH is 1. The molecule has 1 unspecified atom stereocenters. The Hall–Kier alpha value is -3.92. The molecule has 0 aliphatic rings. The molecule has 0 fully saturated rings. The van der Waals surface area contributed by atoms with Crippen molar-refractivity contribution in [1.29, 1.82) is 0 Å². The smallest absolute Gasteiger partial charge is 0.251 e. The van der Waals surface area contributed by atoms with Crippen LogP contribution in [-0.4, -0.2) is 50.5 Å². The lowest BCUT2D eigenvalue weighted by Gasteiger charge is -2.23. The number of halogens is 1. The zero-order chi connectivity index (χ0) is 30.6. The number of aromatic nitrogens is 2. The minimum absolute atomic E-state index is 0.0530. The lowest BCUT2D eigenvalue weighted by atomic mass is 10.0. The second-order valence-corrected chi connectivity index (χ2v) is 11.7. The summed E-state index contributed by atoms with van der Waals surface area (Å²) in [7, 11) is 0. The molecular weight excluding hydrogens is 554 g/mol. The van der Waals surface area contributed by atoms with E-state index in [1.807, 2.05) is 67.0 Å². The number of hydrogen-bond acceptors (Lipinski definition) is 6. The first kappa shape index (κ1) is 31.0. The normalized spacial score (nSPS) is 13.2. The quantitative estimate of drug-likeness (QED) is 0.200. The van der Waals surface area contributed by atoms with Crippen molar-refractivity contribution < 1.29 is 19.4 Å². The summed E-state index contributed by atoms with van der Waals surface area (Å²) in [5.41, 5.74) is 9.38. The number of nitrogens with zero attached hydrogens (tertiary/aromatic N) is 2. The van der Waals surface area contributed by atoms with Gasteiger partial charge in [0.05, 0.1) is 34.5 Å². The summed E-state index contributed by atoms with van der Waals surface area (Å²) >= 11 is 6.36. The van der Waals surface area contributed by atoms with Crippen molar-refractivity contribution >= 4 is 29.1 Å². The number of aliphatic hydroxyl groups is 1. The van der Waals surface area contributed by atoms with Crippen LogP contribution in [-0.2, 0) is 11.2 Å². The number of fused-ring (bicyclic) bond motifs is 1. The Morgan fingerprint density at radius 2 is 1.83 bits per heavy atom. The van der Waals surface area contributed by atoms with Gasteiger partial charge < -0.3 is 30.6 Å². The summed E-state index contributed by atoms with van der Waals surface area (Å²) < 4.78 is 7.57. The van der Waals surface area contributed by atoms with Crippen molar-refractivity contribution in [1.82, 2.24) is 20.0 Å². The van der Waals surface area contributed by atoms with Gasteiger partial charge in [-0.2, -0.15) is 0 Å². The predicted molar refractivity (Wildman–Crippen MR) is 165 cm³/mol. The van der Waals surface area contributed by atoms with Crippen LogP contribution < -0.4 is 21.1 Å². The largest absolute Gasteiger partial charge is 0.489 e. The van der Waals surface area contributed by atoms with Gasteiger partial charge in [-0.05, 0) is 70.9 Å². The Kier molecular flexibility index (Phi) is 9.56. The zero-order valence-electron chi connectivity index (χ0n) is 24.5. The first-order chi connectivity index (χ1) is 19.8. The fourth-order valence-corrected chi connectivity index (χ4v) is 4.70. The molecule has 0 aliphatic heterocycles. The third kappa shape index (κ3) is 7.67. The molecule has 4 aromatic rings. The van der Waals surface area contributed by atoms with E-state index >= 15 is 0 Å². The molecule has 222 valence electrons. The molecule has 4 rings (SSSR count). The van der Waals surface area contributed by atoms with Crippen LogP contribution in [0, 0.1) is 0 Å². The Labute approximate surface area is 251 Å². The summed E-state index contributed by atoms with van der Waals surface area (Å²) in [4.78, 5) is 30.4. The average Bonchev–Trinajstić information content (AvgIpc) is 3.36. The van der Waals surface area contributed by atoms with Crippen LogP contribution in [0.3, 0.4) is 0 Å². The third-order valence-electron chi connectivity index (χ3n) is 6.68. The summed E-state index contributed by atoms with van der Waals surface area (Å²) in [5.74, 6) is -0.141. The van der Waals surface area contributed by atoms with Gasteiger partial charge in [-0.15, -0.1) is 0 Å². The van der Waals surface area contributed by atoms with Crippen molar-refractivity contribution in [3.63, 3.8) is 0 Å². The van der Waals surface area contributed by atoms with Crippen molar-refractivity contribution in [2.45, 2.75) is 64.8 Å². The van der Waals surface area contributed by atoms with Gasteiger partial charge in [-0.3, -0.25) is 9.59 Å². The molecule has 0 spiro atoms. The lowest BCUT2D eigenvalue weighted by molar-refractivity contribution is -0.125. The van der Waals surface area contributed by atoms with E-state index in [1.165, 1.54) is 0 Å². The third-order valence-corrected chi connectivity index (χ3v) is 6.98. The van der Waals surface area contributed by atoms with E-state index < -0.39 is 17.7 Å². The number of nitrogens with one attached hydrogen (secondary N) is 2. The van der Waals surface area contributed by atoms with Gasteiger partial charge in [0.2, 0.25) is 5.91 Å². The van der Waals surface area contributed by atoms with Gasteiger partial charge in [0.1, 0.15) is 11.4 Å². The van der Waals surface area contributed by atoms with E-state index in [9.17, 15) is 14.7 Å². The molecule has 0 saturated heterocycles. The van der Waals surface area contributed by atoms with Crippen LogP contribution in [0.4, 0.5) is 0 Å². The molecule has 0 saturated carbocycles. The number of amides is 2.